The lowest BCUT2D eigenvalue weighted by atomic mass is 10.0. The molecule has 0 fully saturated rings. The molecule has 0 saturated carbocycles. The highest BCUT2D eigenvalue weighted by molar-refractivity contribution is 7.18. The smallest absolute Gasteiger partial charge is 0.360 e. The lowest BCUT2D eigenvalue weighted by molar-refractivity contribution is -0.140. The van der Waals surface area contributed by atoms with Crippen LogP contribution in [0.3, 0.4) is 0 Å². The van der Waals surface area contributed by atoms with E-state index in [4.69, 9.17) is 5.73 Å². The number of thiazole rings is 1. The van der Waals surface area contributed by atoms with Gasteiger partial charge in [-0.15, -0.1) is 0 Å². The van der Waals surface area contributed by atoms with Gasteiger partial charge in [-0.1, -0.05) is 23.5 Å². The highest BCUT2D eigenvalue weighted by Crippen LogP contribution is 2.34. The summed E-state index contributed by atoms with van der Waals surface area (Å²) in [5.41, 5.74) is 7.87. The molecule has 0 bridgehead atoms. The van der Waals surface area contributed by atoms with E-state index in [1.165, 1.54) is 17.4 Å². The molecule has 1 unspecified atom stereocenters. The van der Waals surface area contributed by atoms with E-state index in [0.29, 0.717) is 23.7 Å². The number of fused-ring (bicyclic) bond motifs is 1. The van der Waals surface area contributed by atoms with Crippen LogP contribution >= 0.6 is 11.3 Å². The van der Waals surface area contributed by atoms with E-state index in [9.17, 15) is 22.4 Å². The SMILES string of the molecule is NC(CNc1ncc(-c2ccc3c(c2)CC(=O)N3)s1)Cc1ccc(C(F)(F)F)c(F)c1. The predicted molar refractivity (Wildman–Crippen MR) is 111 cm³/mol. The van der Waals surface area contributed by atoms with Gasteiger partial charge >= 0.3 is 6.18 Å². The van der Waals surface area contributed by atoms with Crippen molar-refractivity contribution in [2.75, 3.05) is 17.2 Å². The van der Waals surface area contributed by atoms with E-state index < -0.39 is 23.6 Å². The average molecular weight is 450 g/mol. The molecule has 0 spiro atoms. The molecule has 1 aliphatic heterocycles. The zero-order valence-corrected chi connectivity index (χ0v) is 16.9. The van der Waals surface area contributed by atoms with Gasteiger partial charge in [0.25, 0.3) is 0 Å². The molecule has 1 atom stereocenters. The maximum Gasteiger partial charge on any atom is 0.419 e. The van der Waals surface area contributed by atoms with Crippen molar-refractivity contribution in [1.82, 2.24) is 4.98 Å². The fourth-order valence-electron chi connectivity index (χ4n) is 3.38. The first-order valence-electron chi connectivity index (χ1n) is 9.43. The highest BCUT2D eigenvalue weighted by Gasteiger charge is 2.33. The molecule has 4 rings (SSSR count). The summed E-state index contributed by atoms with van der Waals surface area (Å²) < 4.78 is 51.7. The Labute approximate surface area is 179 Å². The third-order valence-electron chi connectivity index (χ3n) is 4.87. The van der Waals surface area contributed by atoms with Crippen molar-refractivity contribution in [1.29, 1.82) is 0 Å². The molecule has 2 heterocycles. The minimum absolute atomic E-state index is 0.0271. The van der Waals surface area contributed by atoms with Gasteiger partial charge in [-0.3, -0.25) is 4.79 Å². The van der Waals surface area contributed by atoms with Crippen molar-refractivity contribution in [2.24, 2.45) is 5.73 Å². The second-order valence-electron chi connectivity index (χ2n) is 7.28. The van der Waals surface area contributed by atoms with Crippen molar-refractivity contribution in [3.05, 3.63) is 65.1 Å². The molecular formula is C21H18F4N4OS. The minimum Gasteiger partial charge on any atom is -0.360 e. The lowest BCUT2D eigenvalue weighted by Crippen LogP contribution is -2.31. The molecule has 1 amide bonds. The maximum absolute atomic E-state index is 13.7. The molecular weight excluding hydrogens is 432 g/mol. The number of hydrogen-bond donors (Lipinski definition) is 3. The summed E-state index contributed by atoms with van der Waals surface area (Å²) in [7, 11) is 0. The van der Waals surface area contributed by atoms with E-state index >= 15 is 0 Å². The van der Waals surface area contributed by atoms with Crippen LogP contribution in [0.2, 0.25) is 0 Å². The van der Waals surface area contributed by atoms with Crippen LogP contribution in [0.25, 0.3) is 10.4 Å². The van der Waals surface area contributed by atoms with Gasteiger partial charge in [0.15, 0.2) is 5.13 Å². The van der Waals surface area contributed by atoms with Gasteiger partial charge in [0, 0.05) is 24.5 Å². The van der Waals surface area contributed by atoms with Gasteiger partial charge in [0.2, 0.25) is 5.91 Å². The fourth-order valence-corrected chi connectivity index (χ4v) is 4.20. The van der Waals surface area contributed by atoms with Gasteiger partial charge in [-0.25, -0.2) is 9.37 Å². The second kappa shape index (κ2) is 8.27. The number of nitrogens with zero attached hydrogens (tertiary/aromatic N) is 1. The maximum atomic E-state index is 13.7. The second-order valence-corrected chi connectivity index (χ2v) is 8.31. The van der Waals surface area contributed by atoms with Gasteiger partial charge in [-0.05, 0) is 47.4 Å². The molecule has 4 N–H and O–H groups in total. The Bertz CT molecular complexity index is 1130. The van der Waals surface area contributed by atoms with Gasteiger partial charge in [0.1, 0.15) is 5.82 Å². The summed E-state index contributed by atoms with van der Waals surface area (Å²) >= 11 is 1.42. The van der Waals surface area contributed by atoms with Crippen LogP contribution in [0.4, 0.5) is 28.4 Å². The van der Waals surface area contributed by atoms with Crippen molar-refractivity contribution in [3.8, 4) is 10.4 Å². The number of alkyl halides is 3. The summed E-state index contributed by atoms with van der Waals surface area (Å²) in [6, 6.07) is 8.13. The standard InChI is InChI=1S/C21H18F4N4OS/c22-16-6-11(1-3-15(16)21(23,24)25)5-14(26)9-27-20-28-10-18(31-20)12-2-4-17-13(7-12)8-19(30)29-17/h1-4,6-7,10,14H,5,8-9,26H2,(H,27,28)(H,29,30). The van der Waals surface area contributed by atoms with Crippen molar-refractivity contribution >= 4 is 28.1 Å². The lowest BCUT2D eigenvalue weighted by Gasteiger charge is -2.14. The van der Waals surface area contributed by atoms with Crippen LogP contribution in [-0.4, -0.2) is 23.5 Å². The van der Waals surface area contributed by atoms with E-state index in [-0.39, 0.29) is 12.3 Å². The van der Waals surface area contributed by atoms with E-state index in [1.54, 1.807) is 6.20 Å². The Kier molecular flexibility index (Phi) is 5.67. The summed E-state index contributed by atoms with van der Waals surface area (Å²) in [6.07, 6.45) is -2.44. The number of nitrogens with two attached hydrogens (primary N) is 1. The number of nitrogens with one attached hydrogen (secondary N) is 2. The molecule has 1 aromatic heterocycles. The average Bonchev–Trinajstić information content (AvgIpc) is 3.30. The van der Waals surface area contributed by atoms with Crippen LogP contribution in [0.5, 0.6) is 0 Å². The number of rotatable bonds is 6. The molecule has 0 saturated heterocycles. The Morgan fingerprint density at radius 1 is 1.23 bits per heavy atom. The van der Waals surface area contributed by atoms with Gasteiger partial charge < -0.3 is 16.4 Å². The molecule has 0 radical (unpaired) electrons. The van der Waals surface area contributed by atoms with Crippen molar-refractivity contribution in [3.63, 3.8) is 0 Å². The third kappa shape index (κ3) is 4.86. The number of benzene rings is 2. The minimum atomic E-state index is -4.72. The summed E-state index contributed by atoms with van der Waals surface area (Å²) in [5, 5.41) is 6.54. The molecule has 5 nitrogen and oxygen atoms in total. The molecule has 31 heavy (non-hydrogen) atoms. The first-order valence-corrected chi connectivity index (χ1v) is 10.2. The van der Waals surface area contributed by atoms with Crippen molar-refractivity contribution < 1.29 is 22.4 Å². The first-order chi connectivity index (χ1) is 14.7. The van der Waals surface area contributed by atoms with Crippen LogP contribution in [-0.2, 0) is 23.8 Å². The van der Waals surface area contributed by atoms with E-state index in [0.717, 1.165) is 33.8 Å². The topological polar surface area (TPSA) is 80.0 Å². The van der Waals surface area contributed by atoms with Crippen molar-refractivity contribution in [2.45, 2.75) is 25.1 Å². The number of hydrogen-bond acceptors (Lipinski definition) is 5. The van der Waals surface area contributed by atoms with Crippen LogP contribution in [0.15, 0.2) is 42.6 Å². The number of amides is 1. The predicted octanol–water partition coefficient (Wildman–Crippen LogP) is 4.44. The van der Waals surface area contributed by atoms with Crippen LogP contribution < -0.4 is 16.4 Å². The summed E-state index contributed by atoms with van der Waals surface area (Å²) in [6.45, 7) is 0.318. The van der Waals surface area contributed by atoms with Crippen LogP contribution in [0, 0.1) is 5.82 Å². The number of halogens is 4. The molecule has 10 heteroatoms. The molecule has 2 aromatic carbocycles. The molecule has 3 aromatic rings. The van der Waals surface area contributed by atoms with E-state index in [1.807, 2.05) is 18.2 Å². The van der Waals surface area contributed by atoms with Gasteiger partial charge in [-0.2, -0.15) is 13.2 Å². The van der Waals surface area contributed by atoms with Gasteiger partial charge in [0.05, 0.1) is 16.9 Å². The quantitative estimate of drug-likeness (QED) is 0.485. The highest BCUT2D eigenvalue weighted by atomic mass is 32.1. The van der Waals surface area contributed by atoms with E-state index in [2.05, 4.69) is 15.6 Å². The normalized spacial score (nSPS) is 14.3. The molecule has 0 aliphatic carbocycles. The monoisotopic (exact) mass is 450 g/mol. The Morgan fingerprint density at radius 2 is 2.03 bits per heavy atom. The number of carbonyl (C=O) groups is 1. The Morgan fingerprint density at radius 3 is 2.77 bits per heavy atom. The zero-order valence-electron chi connectivity index (χ0n) is 16.1. The first kappa shape index (κ1) is 21.3. The Hall–Kier alpha value is -2.98. The van der Waals surface area contributed by atoms with Crippen LogP contribution in [0.1, 0.15) is 16.7 Å². The number of anilines is 2. The molecule has 1 aliphatic rings. The third-order valence-corrected chi connectivity index (χ3v) is 5.88. The zero-order chi connectivity index (χ0) is 22.2. The number of carbonyl (C=O) groups excluding carboxylic acids is 1. The summed E-state index contributed by atoms with van der Waals surface area (Å²) in [5.74, 6) is -1.33. The Balaban J connectivity index is 1.35. The molecule has 162 valence electrons. The largest absolute Gasteiger partial charge is 0.419 e. The number of aromatic nitrogens is 1. The fraction of sp³-hybridized carbons (Fsp3) is 0.238. The summed E-state index contributed by atoms with van der Waals surface area (Å²) in [4.78, 5) is 16.7.